The van der Waals surface area contributed by atoms with E-state index in [2.05, 4.69) is 5.32 Å². The summed E-state index contributed by atoms with van der Waals surface area (Å²) in [5.74, 6) is 0.142. The summed E-state index contributed by atoms with van der Waals surface area (Å²) in [4.78, 5) is 22.1. The molecule has 1 saturated carbocycles. The van der Waals surface area contributed by atoms with Crippen LogP contribution in [0, 0.1) is 5.92 Å². The highest BCUT2D eigenvalue weighted by Gasteiger charge is 2.15. The largest absolute Gasteiger partial charge is 0.297 e. The van der Waals surface area contributed by atoms with Crippen LogP contribution in [0.3, 0.4) is 0 Å². The van der Waals surface area contributed by atoms with E-state index in [-0.39, 0.29) is 11.8 Å². The second-order valence-electron chi connectivity index (χ2n) is 4.52. The van der Waals surface area contributed by atoms with Crippen molar-refractivity contribution in [2.75, 3.05) is 0 Å². The molecule has 0 spiro atoms. The van der Waals surface area contributed by atoms with Crippen molar-refractivity contribution >= 4 is 11.8 Å². The fraction of sp³-hybridized carbons (Fsp3) is 0.833. The Morgan fingerprint density at radius 3 is 2.13 bits per heavy atom. The minimum atomic E-state index is -0.245. The first-order valence-electron chi connectivity index (χ1n) is 5.99. The van der Waals surface area contributed by atoms with Gasteiger partial charge in [-0.1, -0.05) is 32.1 Å². The van der Waals surface area contributed by atoms with Gasteiger partial charge in [-0.15, -0.1) is 0 Å². The summed E-state index contributed by atoms with van der Waals surface area (Å²) in [6.45, 7) is 1.38. The van der Waals surface area contributed by atoms with E-state index >= 15 is 0 Å². The Hall–Kier alpha value is -0.860. The first-order valence-corrected chi connectivity index (χ1v) is 5.99. The van der Waals surface area contributed by atoms with Crippen LogP contribution in [0.25, 0.3) is 0 Å². The maximum Gasteiger partial charge on any atom is 0.226 e. The maximum atomic E-state index is 11.4. The van der Waals surface area contributed by atoms with Crippen molar-refractivity contribution in [3.8, 4) is 0 Å². The first-order chi connectivity index (χ1) is 7.18. The summed E-state index contributed by atoms with van der Waals surface area (Å²) in [6.07, 6.45) is 9.22. The number of carbonyl (C=O) groups is 2. The van der Waals surface area contributed by atoms with Crippen molar-refractivity contribution in [1.82, 2.24) is 5.32 Å². The van der Waals surface area contributed by atoms with E-state index in [9.17, 15) is 9.59 Å². The number of nitrogens with one attached hydrogen (secondary N) is 1. The SMILES string of the molecule is CC(=O)NC(=O)CC1CCCCCCC1. The Morgan fingerprint density at radius 1 is 1.07 bits per heavy atom. The topological polar surface area (TPSA) is 46.2 Å². The number of hydrogen-bond acceptors (Lipinski definition) is 2. The van der Waals surface area contributed by atoms with Gasteiger partial charge in [0.1, 0.15) is 0 Å². The Morgan fingerprint density at radius 2 is 1.60 bits per heavy atom. The summed E-state index contributed by atoms with van der Waals surface area (Å²) >= 11 is 0. The van der Waals surface area contributed by atoms with Crippen molar-refractivity contribution in [2.24, 2.45) is 5.92 Å². The lowest BCUT2D eigenvalue weighted by atomic mass is 9.89. The van der Waals surface area contributed by atoms with Gasteiger partial charge in [0.25, 0.3) is 0 Å². The molecule has 3 nitrogen and oxygen atoms in total. The molecule has 1 N–H and O–H groups in total. The van der Waals surface area contributed by atoms with E-state index in [4.69, 9.17) is 0 Å². The Kier molecular flexibility index (Phi) is 5.37. The van der Waals surface area contributed by atoms with E-state index in [1.54, 1.807) is 0 Å². The normalized spacial score (nSPS) is 19.0. The van der Waals surface area contributed by atoms with Gasteiger partial charge < -0.3 is 0 Å². The highest BCUT2D eigenvalue weighted by molar-refractivity contribution is 5.93. The predicted octanol–water partition coefficient (Wildman–Crippen LogP) is 2.40. The number of rotatable bonds is 2. The van der Waals surface area contributed by atoms with Gasteiger partial charge in [-0.2, -0.15) is 0 Å². The lowest BCUT2D eigenvalue weighted by molar-refractivity contribution is -0.129. The highest BCUT2D eigenvalue weighted by atomic mass is 16.2. The Bertz CT molecular complexity index is 218. The number of hydrogen-bond donors (Lipinski definition) is 1. The smallest absolute Gasteiger partial charge is 0.226 e. The Labute approximate surface area is 91.6 Å². The van der Waals surface area contributed by atoms with Gasteiger partial charge in [0, 0.05) is 13.3 Å². The van der Waals surface area contributed by atoms with E-state index in [0.29, 0.717) is 12.3 Å². The zero-order valence-corrected chi connectivity index (χ0v) is 9.55. The van der Waals surface area contributed by atoms with Crippen molar-refractivity contribution in [1.29, 1.82) is 0 Å². The monoisotopic (exact) mass is 211 g/mol. The fourth-order valence-electron chi connectivity index (χ4n) is 2.25. The van der Waals surface area contributed by atoms with Gasteiger partial charge in [-0.25, -0.2) is 0 Å². The molecule has 1 aliphatic carbocycles. The summed E-state index contributed by atoms with van der Waals surface area (Å²) in [7, 11) is 0. The maximum absolute atomic E-state index is 11.4. The molecule has 0 unspecified atom stereocenters. The average Bonchev–Trinajstić information content (AvgIpc) is 2.08. The van der Waals surface area contributed by atoms with Crippen LogP contribution in [0.15, 0.2) is 0 Å². The van der Waals surface area contributed by atoms with Crippen LogP contribution in [0.1, 0.15) is 58.3 Å². The molecular formula is C12H21NO2. The summed E-state index contributed by atoms with van der Waals surface area (Å²) in [5, 5.41) is 2.35. The van der Waals surface area contributed by atoms with E-state index in [1.165, 1.54) is 39.0 Å². The minimum absolute atomic E-state index is 0.104. The van der Waals surface area contributed by atoms with E-state index in [1.807, 2.05) is 0 Å². The van der Waals surface area contributed by atoms with Crippen molar-refractivity contribution in [3.63, 3.8) is 0 Å². The molecule has 0 aromatic heterocycles. The van der Waals surface area contributed by atoms with Gasteiger partial charge in [-0.05, 0) is 18.8 Å². The minimum Gasteiger partial charge on any atom is -0.297 e. The molecule has 1 aliphatic rings. The third-order valence-corrected chi connectivity index (χ3v) is 3.01. The lowest BCUT2D eigenvalue weighted by Gasteiger charge is -2.18. The molecule has 0 aliphatic heterocycles. The molecule has 86 valence electrons. The zero-order valence-electron chi connectivity index (χ0n) is 9.55. The van der Waals surface area contributed by atoms with E-state index in [0.717, 1.165) is 12.8 Å². The van der Waals surface area contributed by atoms with Crippen molar-refractivity contribution in [2.45, 2.75) is 58.3 Å². The van der Waals surface area contributed by atoms with Gasteiger partial charge in [0.15, 0.2) is 0 Å². The molecule has 0 aromatic carbocycles. The van der Waals surface area contributed by atoms with Gasteiger partial charge in [0.05, 0.1) is 0 Å². The molecule has 3 heteroatoms. The van der Waals surface area contributed by atoms with Crippen LogP contribution in [-0.2, 0) is 9.59 Å². The van der Waals surface area contributed by atoms with Gasteiger partial charge in [-0.3, -0.25) is 14.9 Å². The molecule has 0 saturated heterocycles. The molecule has 1 rings (SSSR count). The zero-order chi connectivity index (χ0) is 11.1. The second kappa shape index (κ2) is 6.59. The van der Waals surface area contributed by atoms with Gasteiger partial charge >= 0.3 is 0 Å². The summed E-state index contributed by atoms with van der Waals surface area (Å²) in [6, 6.07) is 0. The molecule has 0 bridgehead atoms. The first kappa shape index (κ1) is 12.2. The molecule has 0 aromatic rings. The lowest BCUT2D eigenvalue weighted by Crippen LogP contribution is -2.29. The molecule has 0 atom stereocenters. The fourth-order valence-corrected chi connectivity index (χ4v) is 2.25. The summed E-state index contributed by atoms with van der Waals surface area (Å²) in [5.41, 5.74) is 0. The standard InChI is InChI=1S/C12H21NO2/c1-10(14)13-12(15)9-11-7-5-3-2-4-6-8-11/h11H,2-9H2,1H3,(H,13,14,15). The molecule has 15 heavy (non-hydrogen) atoms. The number of carbonyl (C=O) groups excluding carboxylic acids is 2. The Balaban J connectivity index is 2.28. The van der Waals surface area contributed by atoms with Gasteiger partial charge in [0.2, 0.25) is 11.8 Å². The van der Waals surface area contributed by atoms with Crippen molar-refractivity contribution in [3.05, 3.63) is 0 Å². The van der Waals surface area contributed by atoms with Crippen LogP contribution < -0.4 is 5.32 Å². The van der Waals surface area contributed by atoms with Crippen LogP contribution in [0.2, 0.25) is 0 Å². The molecule has 0 radical (unpaired) electrons. The predicted molar refractivity (Wildman–Crippen MR) is 59.2 cm³/mol. The number of imide groups is 1. The van der Waals surface area contributed by atoms with Crippen LogP contribution >= 0.6 is 0 Å². The van der Waals surface area contributed by atoms with Crippen LogP contribution in [-0.4, -0.2) is 11.8 Å². The second-order valence-corrected chi connectivity index (χ2v) is 4.52. The number of amides is 2. The van der Waals surface area contributed by atoms with Crippen LogP contribution in [0.4, 0.5) is 0 Å². The third-order valence-electron chi connectivity index (χ3n) is 3.01. The third kappa shape index (κ3) is 5.55. The molecule has 1 fully saturated rings. The highest BCUT2D eigenvalue weighted by Crippen LogP contribution is 2.24. The molecular weight excluding hydrogens is 190 g/mol. The van der Waals surface area contributed by atoms with Crippen molar-refractivity contribution < 1.29 is 9.59 Å². The van der Waals surface area contributed by atoms with Crippen LogP contribution in [0.5, 0.6) is 0 Å². The molecule has 0 heterocycles. The van der Waals surface area contributed by atoms with E-state index < -0.39 is 0 Å². The average molecular weight is 211 g/mol. The quantitative estimate of drug-likeness (QED) is 0.762. The molecule has 2 amide bonds. The summed E-state index contributed by atoms with van der Waals surface area (Å²) < 4.78 is 0.